The highest BCUT2D eigenvalue weighted by atomic mass is 19.1. The smallest absolute Gasteiger partial charge is 0.247 e. The van der Waals surface area contributed by atoms with Crippen molar-refractivity contribution < 1.29 is 13.2 Å². The lowest BCUT2D eigenvalue weighted by atomic mass is 9.67. The van der Waals surface area contributed by atoms with E-state index >= 15 is 8.78 Å². The van der Waals surface area contributed by atoms with Crippen molar-refractivity contribution in [2.24, 2.45) is 0 Å². The topological polar surface area (TPSA) is 89.7 Å². The standard InChI is InChI=1S/C30H25F2N5O/c1-2-30(18-31,25-8-4-7-24(17-34)27(25)32)26-13-14-37(26)28(21-11-9-20(16-33)10-12-21)22-5-3-6-23(15-22)29-36-35-19-38-29/h3-12,15,19,26,28H,2,13-14,18H2,1H3/t26?,28-,30-/m0/s1. The fourth-order valence-corrected chi connectivity index (χ4v) is 5.63. The average Bonchev–Trinajstić information content (AvgIpc) is 3.50. The molecule has 0 saturated carbocycles. The maximum atomic E-state index is 15.5. The zero-order valence-electron chi connectivity index (χ0n) is 20.8. The molecular formula is C30H25F2N5O. The van der Waals surface area contributed by atoms with Gasteiger partial charge in [0.2, 0.25) is 12.3 Å². The van der Waals surface area contributed by atoms with Crippen molar-refractivity contribution >= 4 is 0 Å². The highest BCUT2D eigenvalue weighted by molar-refractivity contribution is 5.55. The summed E-state index contributed by atoms with van der Waals surface area (Å²) in [6.07, 6.45) is 2.30. The molecule has 0 amide bonds. The molecule has 8 heteroatoms. The highest BCUT2D eigenvalue weighted by Crippen LogP contribution is 2.47. The lowest BCUT2D eigenvalue weighted by Crippen LogP contribution is -2.61. The van der Waals surface area contributed by atoms with Gasteiger partial charge < -0.3 is 4.42 Å². The molecule has 1 aromatic heterocycles. The number of nitriles is 2. The number of hydrogen-bond acceptors (Lipinski definition) is 6. The van der Waals surface area contributed by atoms with Gasteiger partial charge in [-0.05, 0) is 59.9 Å². The van der Waals surface area contributed by atoms with Gasteiger partial charge in [-0.2, -0.15) is 10.5 Å². The maximum Gasteiger partial charge on any atom is 0.247 e. The molecule has 5 rings (SSSR count). The van der Waals surface area contributed by atoms with E-state index in [1.807, 2.05) is 49.4 Å². The lowest BCUT2D eigenvalue weighted by molar-refractivity contribution is -0.0130. The predicted octanol–water partition coefficient (Wildman–Crippen LogP) is 6.10. The molecule has 1 saturated heterocycles. The summed E-state index contributed by atoms with van der Waals surface area (Å²) >= 11 is 0. The number of alkyl halides is 1. The van der Waals surface area contributed by atoms with Crippen LogP contribution < -0.4 is 0 Å². The van der Waals surface area contributed by atoms with Gasteiger partial charge in [0.1, 0.15) is 18.6 Å². The molecule has 2 heterocycles. The zero-order chi connectivity index (χ0) is 26.7. The Labute approximate surface area is 219 Å². The van der Waals surface area contributed by atoms with E-state index in [0.29, 0.717) is 30.8 Å². The van der Waals surface area contributed by atoms with Gasteiger partial charge in [0.05, 0.1) is 23.2 Å². The quantitative estimate of drug-likeness (QED) is 0.285. The first-order valence-corrected chi connectivity index (χ1v) is 12.4. The third-order valence-corrected chi connectivity index (χ3v) is 7.72. The molecule has 4 aromatic rings. The number of nitrogens with zero attached hydrogens (tertiary/aromatic N) is 5. The number of rotatable bonds is 8. The van der Waals surface area contributed by atoms with Crippen LogP contribution in [0.25, 0.3) is 11.5 Å². The molecule has 3 atom stereocenters. The van der Waals surface area contributed by atoms with Crippen LogP contribution in [0.5, 0.6) is 0 Å². The first-order chi connectivity index (χ1) is 18.6. The molecule has 1 unspecified atom stereocenters. The van der Waals surface area contributed by atoms with Crippen LogP contribution >= 0.6 is 0 Å². The molecule has 3 aromatic carbocycles. The Kier molecular flexibility index (Phi) is 7.00. The lowest BCUT2D eigenvalue weighted by Gasteiger charge is -2.55. The molecule has 1 aliphatic heterocycles. The Morgan fingerprint density at radius 2 is 1.87 bits per heavy atom. The van der Waals surface area contributed by atoms with Gasteiger partial charge in [0.15, 0.2) is 0 Å². The van der Waals surface area contributed by atoms with E-state index in [0.717, 1.165) is 16.7 Å². The van der Waals surface area contributed by atoms with E-state index in [1.165, 1.54) is 12.5 Å². The van der Waals surface area contributed by atoms with E-state index in [9.17, 15) is 10.5 Å². The molecule has 6 nitrogen and oxygen atoms in total. The summed E-state index contributed by atoms with van der Waals surface area (Å²) in [5.74, 6) is -0.276. The van der Waals surface area contributed by atoms with Crippen LogP contribution in [0.1, 0.15) is 53.6 Å². The van der Waals surface area contributed by atoms with E-state index < -0.39 is 17.9 Å². The van der Waals surface area contributed by atoms with Gasteiger partial charge in [-0.3, -0.25) is 9.29 Å². The Morgan fingerprint density at radius 3 is 2.47 bits per heavy atom. The fraction of sp³-hybridized carbons (Fsp3) is 0.267. The SMILES string of the molecule is CC[C@](CF)(c1cccc(C#N)c1F)C1CCN1[C@@H](c1ccc(C#N)cc1)c1cccc(-c2nnco2)c1. The molecular weight excluding hydrogens is 484 g/mol. The van der Waals surface area contributed by atoms with Crippen molar-refractivity contribution in [2.75, 3.05) is 13.2 Å². The molecule has 190 valence electrons. The van der Waals surface area contributed by atoms with Crippen LogP contribution in [0, 0.1) is 28.5 Å². The minimum Gasteiger partial charge on any atom is -0.423 e. The molecule has 0 spiro atoms. The number of benzene rings is 3. The Morgan fingerprint density at radius 1 is 1.08 bits per heavy atom. The third-order valence-electron chi connectivity index (χ3n) is 7.72. The molecule has 38 heavy (non-hydrogen) atoms. The van der Waals surface area contributed by atoms with Crippen molar-refractivity contribution in [1.82, 2.24) is 15.1 Å². The monoisotopic (exact) mass is 509 g/mol. The number of aromatic nitrogens is 2. The van der Waals surface area contributed by atoms with E-state index in [4.69, 9.17) is 4.42 Å². The van der Waals surface area contributed by atoms with Crippen LogP contribution in [0.2, 0.25) is 0 Å². The molecule has 1 aliphatic rings. The van der Waals surface area contributed by atoms with Gasteiger partial charge in [-0.25, -0.2) is 4.39 Å². The third kappa shape index (κ3) is 4.23. The van der Waals surface area contributed by atoms with Crippen molar-refractivity contribution in [3.05, 3.63) is 107 Å². The Balaban J connectivity index is 1.62. The number of halogens is 2. The summed E-state index contributed by atoms with van der Waals surface area (Å²) in [7, 11) is 0. The van der Waals surface area contributed by atoms with Gasteiger partial charge in [-0.1, -0.05) is 43.3 Å². The van der Waals surface area contributed by atoms with Crippen LogP contribution in [0.4, 0.5) is 8.78 Å². The van der Waals surface area contributed by atoms with Gasteiger partial charge in [-0.15, -0.1) is 10.2 Å². The fourth-order valence-electron chi connectivity index (χ4n) is 5.63. The van der Waals surface area contributed by atoms with Crippen molar-refractivity contribution in [1.29, 1.82) is 10.5 Å². The minimum absolute atomic E-state index is 0.0875. The normalized spacial score (nSPS) is 17.6. The molecule has 0 aliphatic carbocycles. The summed E-state index contributed by atoms with van der Waals surface area (Å²) in [5.41, 5.74) is 2.14. The molecule has 0 bridgehead atoms. The van der Waals surface area contributed by atoms with E-state index in [-0.39, 0.29) is 23.2 Å². The molecule has 0 N–H and O–H groups in total. The van der Waals surface area contributed by atoms with Crippen LogP contribution in [-0.4, -0.2) is 34.4 Å². The minimum atomic E-state index is -1.13. The summed E-state index contributed by atoms with van der Waals surface area (Å²) in [4.78, 5) is 2.19. The summed E-state index contributed by atoms with van der Waals surface area (Å²) in [6, 6.07) is 23.1. The van der Waals surface area contributed by atoms with Crippen LogP contribution in [-0.2, 0) is 5.41 Å². The highest BCUT2D eigenvalue weighted by Gasteiger charge is 2.50. The van der Waals surface area contributed by atoms with E-state index in [1.54, 1.807) is 24.3 Å². The van der Waals surface area contributed by atoms with Crippen molar-refractivity contribution in [3.63, 3.8) is 0 Å². The number of likely N-dealkylation sites (tertiary alicyclic amines) is 1. The summed E-state index contributed by atoms with van der Waals surface area (Å²) in [6.45, 7) is 1.77. The number of hydrogen-bond donors (Lipinski definition) is 0. The second-order valence-electron chi connectivity index (χ2n) is 9.47. The van der Waals surface area contributed by atoms with Gasteiger partial charge in [0.25, 0.3) is 0 Å². The second-order valence-corrected chi connectivity index (χ2v) is 9.47. The van der Waals surface area contributed by atoms with E-state index in [2.05, 4.69) is 21.2 Å². The van der Waals surface area contributed by atoms with Crippen molar-refractivity contribution in [3.8, 4) is 23.6 Å². The van der Waals surface area contributed by atoms with Gasteiger partial charge in [0, 0.05) is 23.6 Å². The van der Waals surface area contributed by atoms with Crippen molar-refractivity contribution in [2.45, 2.75) is 37.3 Å². The zero-order valence-corrected chi connectivity index (χ0v) is 20.8. The first-order valence-electron chi connectivity index (χ1n) is 12.4. The van der Waals surface area contributed by atoms with Gasteiger partial charge >= 0.3 is 0 Å². The Bertz CT molecular complexity index is 1500. The molecule has 0 radical (unpaired) electrons. The van der Waals surface area contributed by atoms with Crippen LogP contribution in [0.15, 0.2) is 77.5 Å². The Hall–Kier alpha value is -4.40. The molecule has 1 fully saturated rings. The van der Waals surface area contributed by atoms with Crippen LogP contribution in [0.3, 0.4) is 0 Å². The maximum absolute atomic E-state index is 15.5. The largest absolute Gasteiger partial charge is 0.423 e. The average molecular weight is 510 g/mol. The second kappa shape index (κ2) is 10.5. The summed E-state index contributed by atoms with van der Waals surface area (Å²) < 4.78 is 36.0. The first kappa shape index (κ1) is 25.3. The predicted molar refractivity (Wildman–Crippen MR) is 137 cm³/mol. The summed E-state index contributed by atoms with van der Waals surface area (Å²) in [5, 5.41) is 26.5.